The molecule has 5 nitrogen and oxygen atoms in total. The van der Waals surface area contributed by atoms with E-state index in [1.165, 1.54) is 0 Å². The summed E-state index contributed by atoms with van der Waals surface area (Å²) in [6.45, 7) is 7.66. The Balaban J connectivity index is 4.27. The lowest BCUT2D eigenvalue weighted by molar-refractivity contribution is -0.140. The highest BCUT2D eigenvalue weighted by molar-refractivity contribution is 5.82. The van der Waals surface area contributed by atoms with Gasteiger partial charge in [0, 0.05) is 6.04 Å². The lowest BCUT2D eigenvalue weighted by Gasteiger charge is -2.22. The molecule has 0 radical (unpaired) electrons. The smallest absolute Gasteiger partial charge is 0.326 e. The zero-order chi connectivity index (χ0) is 13.4. The van der Waals surface area contributed by atoms with Gasteiger partial charge >= 0.3 is 12.0 Å². The van der Waals surface area contributed by atoms with Crippen LogP contribution in [0.3, 0.4) is 0 Å². The fourth-order valence-electron chi connectivity index (χ4n) is 1.59. The molecule has 100 valence electrons. The van der Waals surface area contributed by atoms with E-state index in [1.54, 1.807) is 0 Å². The molecular weight excluding hydrogens is 220 g/mol. The highest BCUT2D eigenvalue weighted by atomic mass is 16.4. The first-order chi connectivity index (χ1) is 7.92. The average Bonchev–Trinajstić information content (AvgIpc) is 2.24. The molecule has 5 heteroatoms. The molecule has 17 heavy (non-hydrogen) atoms. The predicted octanol–water partition coefficient (Wildman–Crippen LogP) is 1.97. The van der Waals surface area contributed by atoms with Gasteiger partial charge in [0.25, 0.3) is 0 Å². The van der Waals surface area contributed by atoms with Crippen LogP contribution in [0, 0.1) is 5.92 Å². The van der Waals surface area contributed by atoms with Gasteiger partial charge in [-0.3, -0.25) is 0 Å². The van der Waals surface area contributed by atoms with E-state index in [0.717, 1.165) is 12.8 Å². The summed E-state index contributed by atoms with van der Waals surface area (Å²) in [5.41, 5.74) is 0. The van der Waals surface area contributed by atoms with Crippen LogP contribution < -0.4 is 10.6 Å². The number of hydrogen-bond acceptors (Lipinski definition) is 2. The standard InChI is InChI=1S/C12H24N2O3/c1-5-7-9(4)13-12(17)14-10(11(15)16)8(3)6-2/h8-10H,5-7H2,1-4H3,(H,15,16)(H2,13,14,17). The lowest BCUT2D eigenvalue weighted by atomic mass is 9.99. The van der Waals surface area contributed by atoms with E-state index >= 15 is 0 Å². The van der Waals surface area contributed by atoms with Crippen molar-refractivity contribution in [3.8, 4) is 0 Å². The van der Waals surface area contributed by atoms with Gasteiger partial charge in [-0.05, 0) is 19.3 Å². The number of hydrogen-bond donors (Lipinski definition) is 3. The van der Waals surface area contributed by atoms with E-state index in [4.69, 9.17) is 5.11 Å². The Kier molecular flexibility index (Phi) is 7.34. The minimum atomic E-state index is -0.988. The van der Waals surface area contributed by atoms with Crippen LogP contribution in [0.2, 0.25) is 0 Å². The number of amides is 2. The molecule has 0 rings (SSSR count). The number of carboxylic acid groups (broad SMARTS) is 1. The Morgan fingerprint density at radius 1 is 1.18 bits per heavy atom. The van der Waals surface area contributed by atoms with E-state index in [-0.39, 0.29) is 12.0 Å². The summed E-state index contributed by atoms with van der Waals surface area (Å²) in [6, 6.07) is -1.17. The lowest BCUT2D eigenvalue weighted by Crippen LogP contribution is -2.50. The average molecular weight is 244 g/mol. The third-order valence-corrected chi connectivity index (χ3v) is 2.86. The normalized spacial score (nSPS) is 15.8. The first kappa shape index (κ1) is 15.7. The predicted molar refractivity (Wildman–Crippen MR) is 66.9 cm³/mol. The second kappa shape index (κ2) is 7.92. The Bertz CT molecular complexity index is 256. The van der Waals surface area contributed by atoms with Crippen LogP contribution >= 0.6 is 0 Å². The van der Waals surface area contributed by atoms with E-state index < -0.39 is 18.0 Å². The van der Waals surface area contributed by atoms with E-state index in [1.807, 2.05) is 27.7 Å². The van der Waals surface area contributed by atoms with Crippen LogP contribution in [0.15, 0.2) is 0 Å². The van der Waals surface area contributed by atoms with Gasteiger partial charge in [0.2, 0.25) is 0 Å². The second-order valence-electron chi connectivity index (χ2n) is 4.51. The fourth-order valence-corrected chi connectivity index (χ4v) is 1.59. The summed E-state index contributed by atoms with van der Waals surface area (Å²) in [5, 5.41) is 14.3. The number of aliphatic carboxylic acids is 1. The number of nitrogens with one attached hydrogen (secondary N) is 2. The van der Waals surface area contributed by atoms with Crippen LogP contribution in [-0.4, -0.2) is 29.2 Å². The number of carbonyl (C=O) groups is 2. The Morgan fingerprint density at radius 3 is 2.18 bits per heavy atom. The summed E-state index contributed by atoms with van der Waals surface area (Å²) < 4.78 is 0. The quantitative estimate of drug-likeness (QED) is 0.640. The van der Waals surface area contributed by atoms with Crippen LogP contribution in [-0.2, 0) is 4.79 Å². The highest BCUT2D eigenvalue weighted by Crippen LogP contribution is 2.07. The molecular formula is C12H24N2O3. The minimum absolute atomic E-state index is 0.0615. The Hall–Kier alpha value is -1.26. The third-order valence-electron chi connectivity index (χ3n) is 2.86. The summed E-state index contributed by atoms with van der Waals surface area (Å²) in [7, 11) is 0. The van der Waals surface area contributed by atoms with Gasteiger partial charge < -0.3 is 15.7 Å². The van der Waals surface area contributed by atoms with Crippen molar-refractivity contribution in [1.82, 2.24) is 10.6 Å². The molecule has 0 fully saturated rings. The molecule has 0 aromatic carbocycles. The van der Waals surface area contributed by atoms with Gasteiger partial charge in [0.1, 0.15) is 6.04 Å². The van der Waals surface area contributed by atoms with Gasteiger partial charge in [-0.2, -0.15) is 0 Å². The molecule has 0 saturated carbocycles. The van der Waals surface area contributed by atoms with Crippen LogP contribution in [0.1, 0.15) is 47.0 Å². The van der Waals surface area contributed by atoms with Crippen molar-refractivity contribution in [2.24, 2.45) is 5.92 Å². The van der Waals surface area contributed by atoms with Crippen molar-refractivity contribution >= 4 is 12.0 Å². The molecule has 0 aromatic heterocycles. The molecule has 0 aliphatic rings. The molecule has 3 unspecified atom stereocenters. The van der Waals surface area contributed by atoms with Crippen molar-refractivity contribution in [3.05, 3.63) is 0 Å². The second-order valence-corrected chi connectivity index (χ2v) is 4.51. The monoisotopic (exact) mass is 244 g/mol. The third kappa shape index (κ3) is 6.14. The van der Waals surface area contributed by atoms with Crippen molar-refractivity contribution in [2.75, 3.05) is 0 Å². The maximum absolute atomic E-state index is 11.6. The Labute approximate surface area is 103 Å². The maximum Gasteiger partial charge on any atom is 0.326 e. The van der Waals surface area contributed by atoms with Crippen molar-refractivity contribution in [3.63, 3.8) is 0 Å². The van der Waals surface area contributed by atoms with E-state index in [2.05, 4.69) is 10.6 Å². The number of carbonyl (C=O) groups excluding carboxylic acids is 1. The molecule has 3 atom stereocenters. The number of urea groups is 1. The molecule has 0 heterocycles. The number of carboxylic acids is 1. The van der Waals surface area contributed by atoms with Gasteiger partial charge in [0.15, 0.2) is 0 Å². The zero-order valence-corrected chi connectivity index (χ0v) is 11.1. The molecule has 0 aliphatic carbocycles. The first-order valence-electron chi connectivity index (χ1n) is 6.22. The largest absolute Gasteiger partial charge is 0.480 e. The molecule has 3 N–H and O–H groups in total. The van der Waals surface area contributed by atoms with Gasteiger partial charge in [0.05, 0.1) is 0 Å². The van der Waals surface area contributed by atoms with E-state index in [9.17, 15) is 9.59 Å². The maximum atomic E-state index is 11.6. The zero-order valence-electron chi connectivity index (χ0n) is 11.1. The molecule has 0 saturated heterocycles. The SMILES string of the molecule is CCCC(C)NC(=O)NC(C(=O)O)C(C)CC. The van der Waals surface area contributed by atoms with Crippen LogP contribution in [0.25, 0.3) is 0 Å². The van der Waals surface area contributed by atoms with Gasteiger partial charge in [-0.25, -0.2) is 9.59 Å². The van der Waals surface area contributed by atoms with E-state index in [0.29, 0.717) is 6.42 Å². The molecule has 2 amide bonds. The van der Waals surface area contributed by atoms with Gasteiger partial charge in [-0.15, -0.1) is 0 Å². The summed E-state index contributed by atoms with van der Waals surface area (Å²) in [4.78, 5) is 22.6. The summed E-state index contributed by atoms with van der Waals surface area (Å²) in [5.74, 6) is -1.07. The van der Waals surface area contributed by atoms with Crippen molar-refractivity contribution in [2.45, 2.75) is 59.0 Å². The van der Waals surface area contributed by atoms with Crippen LogP contribution in [0.4, 0.5) is 4.79 Å². The van der Waals surface area contributed by atoms with Crippen molar-refractivity contribution in [1.29, 1.82) is 0 Å². The highest BCUT2D eigenvalue weighted by Gasteiger charge is 2.25. The fraction of sp³-hybridized carbons (Fsp3) is 0.833. The molecule has 0 bridgehead atoms. The van der Waals surface area contributed by atoms with Crippen molar-refractivity contribution < 1.29 is 14.7 Å². The summed E-state index contributed by atoms with van der Waals surface area (Å²) in [6.07, 6.45) is 2.57. The minimum Gasteiger partial charge on any atom is -0.480 e. The van der Waals surface area contributed by atoms with Gasteiger partial charge in [-0.1, -0.05) is 33.6 Å². The molecule has 0 spiro atoms. The Morgan fingerprint density at radius 2 is 1.76 bits per heavy atom. The molecule has 0 aromatic rings. The molecule has 0 aliphatic heterocycles. The summed E-state index contributed by atoms with van der Waals surface area (Å²) >= 11 is 0. The van der Waals surface area contributed by atoms with Crippen LogP contribution in [0.5, 0.6) is 0 Å². The topological polar surface area (TPSA) is 78.4 Å². The first-order valence-corrected chi connectivity index (χ1v) is 6.22. The number of rotatable bonds is 7.